The third-order valence-electron chi connectivity index (χ3n) is 3.74. The van der Waals surface area contributed by atoms with Crippen LogP contribution < -0.4 is 4.74 Å². The van der Waals surface area contributed by atoms with Crippen molar-refractivity contribution in [2.45, 2.75) is 6.92 Å². The molecule has 0 radical (unpaired) electrons. The number of aromatic carboxylic acids is 1. The Morgan fingerprint density at radius 1 is 1.19 bits per heavy atom. The standard InChI is InChI=1S/C18H14N4O3S/c1-2-25-14-9-8-12-15(11-6-4-3-5-7-11)21-22(16(12)20-14)18-19-13(10-26-18)17(23)24/h3-10H,2H2,1H3,(H,23,24). The predicted molar refractivity (Wildman–Crippen MR) is 98.1 cm³/mol. The molecule has 0 fully saturated rings. The van der Waals surface area contributed by atoms with Gasteiger partial charge in [-0.2, -0.15) is 14.8 Å². The van der Waals surface area contributed by atoms with Gasteiger partial charge >= 0.3 is 5.97 Å². The van der Waals surface area contributed by atoms with E-state index < -0.39 is 5.97 Å². The minimum Gasteiger partial charge on any atom is -0.478 e. The van der Waals surface area contributed by atoms with Gasteiger partial charge in [-0.25, -0.2) is 9.78 Å². The molecule has 3 aromatic heterocycles. The molecule has 4 rings (SSSR count). The van der Waals surface area contributed by atoms with E-state index in [0.717, 1.165) is 16.6 Å². The third kappa shape index (κ3) is 2.80. The molecule has 1 aromatic carbocycles. The largest absolute Gasteiger partial charge is 0.478 e. The number of rotatable bonds is 5. The van der Waals surface area contributed by atoms with E-state index in [1.807, 2.05) is 43.3 Å². The lowest BCUT2D eigenvalue weighted by molar-refractivity contribution is 0.0691. The first kappa shape index (κ1) is 16.2. The van der Waals surface area contributed by atoms with E-state index in [2.05, 4.69) is 15.1 Å². The van der Waals surface area contributed by atoms with Gasteiger partial charge in [0.1, 0.15) is 5.69 Å². The van der Waals surface area contributed by atoms with Crippen molar-refractivity contribution in [3.8, 4) is 22.3 Å². The summed E-state index contributed by atoms with van der Waals surface area (Å²) >= 11 is 1.20. The molecular formula is C18H14N4O3S. The molecule has 0 unspecified atom stereocenters. The number of ether oxygens (including phenoxy) is 1. The molecule has 1 N–H and O–H groups in total. The number of carboxylic acids is 1. The molecule has 8 heteroatoms. The van der Waals surface area contributed by atoms with Crippen molar-refractivity contribution in [2.24, 2.45) is 0 Å². The molecule has 0 saturated heterocycles. The van der Waals surface area contributed by atoms with Crippen molar-refractivity contribution in [1.29, 1.82) is 0 Å². The van der Waals surface area contributed by atoms with Crippen LogP contribution in [-0.4, -0.2) is 37.4 Å². The molecule has 0 spiro atoms. The fourth-order valence-corrected chi connectivity index (χ4v) is 3.36. The number of carboxylic acid groups (broad SMARTS) is 1. The molecule has 7 nitrogen and oxygen atoms in total. The second kappa shape index (κ2) is 6.57. The van der Waals surface area contributed by atoms with Gasteiger partial charge in [0, 0.05) is 22.4 Å². The van der Waals surface area contributed by atoms with E-state index in [9.17, 15) is 4.79 Å². The Bertz CT molecular complexity index is 1090. The summed E-state index contributed by atoms with van der Waals surface area (Å²) in [5.41, 5.74) is 2.25. The maximum Gasteiger partial charge on any atom is 0.355 e. The smallest absolute Gasteiger partial charge is 0.355 e. The van der Waals surface area contributed by atoms with E-state index >= 15 is 0 Å². The molecule has 0 aliphatic rings. The summed E-state index contributed by atoms with van der Waals surface area (Å²) in [6.07, 6.45) is 0. The highest BCUT2D eigenvalue weighted by Gasteiger charge is 2.19. The number of hydrogen-bond acceptors (Lipinski definition) is 6. The van der Waals surface area contributed by atoms with E-state index in [1.165, 1.54) is 16.7 Å². The Balaban J connectivity index is 1.95. The predicted octanol–water partition coefficient (Wildman–Crippen LogP) is 3.64. The second-order valence-corrected chi connectivity index (χ2v) is 6.24. The quantitative estimate of drug-likeness (QED) is 0.580. The van der Waals surface area contributed by atoms with Crippen LogP contribution in [0.2, 0.25) is 0 Å². The normalized spacial score (nSPS) is 11.0. The molecule has 0 bridgehead atoms. The van der Waals surface area contributed by atoms with Gasteiger partial charge in [-0.1, -0.05) is 30.3 Å². The summed E-state index contributed by atoms with van der Waals surface area (Å²) in [4.78, 5) is 19.8. The summed E-state index contributed by atoms with van der Waals surface area (Å²) in [5.74, 6) is -0.592. The average Bonchev–Trinajstić information content (AvgIpc) is 3.27. The van der Waals surface area contributed by atoms with E-state index in [4.69, 9.17) is 9.84 Å². The number of pyridine rings is 1. The number of aromatic nitrogens is 4. The van der Waals surface area contributed by atoms with Gasteiger partial charge in [0.05, 0.1) is 6.61 Å². The number of nitrogens with zero attached hydrogens (tertiary/aromatic N) is 4. The minimum atomic E-state index is -1.07. The van der Waals surface area contributed by atoms with Crippen LogP contribution in [0.25, 0.3) is 27.4 Å². The fraction of sp³-hybridized carbons (Fsp3) is 0.111. The van der Waals surface area contributed by atoms with Gasteiger partial charge < -0.3 is 9.84 Å². The molecule has 0 aliphatic carbocycles. The van der Waals surface area contributed by atoms with E-state index in [1.54, 1.807) is 10.7 Å². The number of carbonyl (C=O) groups is 1. The van der Waals surface area contributed by atoms with Crippen molar-refractivity contribution < 1.29 is 14.6 Å². The summed E-state index contributed by atoms with van der Waals surface area (Å²) in [6.45, 7) is 2.39. The van der Waals surface area contributed by atoms with Gasteiger partial charge in [0.15, 0.2) is 11.3 Å². The lowest BCUT2D eigenvalue weighted by Crippen LogP contribution is -2.01. The van der Waals surface area contributed by atoms with Crippen molar-refractivity contribution in [3.63, 3.8) is 0 Å². The topological polar surface area (TPSA) is 90.1 Å². The number of benzene rings is 1. The van der Waals surface area contributed by atoms with Crippen LogP contribution in [0.5, 0.6) is 5.88 Å². The first-order valence-corrected chi connectivity index (χ1v) is 8.82. The highest BCUT2D eigenvalue weighted by molar-refractivity contribution is 7.12. The van der Waals surface area contributed by atoms with Crippen molar-refractivity contribution in [1.82, 2.24) is 19.7 Å². The summed E-state index contributed by atoms with van der Waals surface area (Å²) < 4.78 is 7.07. The maximum atomic E-state index is 11.2. The Kier molecular flexibility index (Phi) is 4.10. The Labute approximate surface area is 152 Å². The van der Waals surface area contributed by atoms with Crippen LogP contribution in [0.3, 0.4) is 0 Å². The first-order chi connectivity index (χ1) is 12.7. The molecule has 0 amide bonds. The molecule has 130 valence electrons. The van der Waals surface area contributed by atoms with Crippen LogP contribution in [0.4, 0.5) is 0 Å². The maximum absolute atomic E-state index is 11.2. The SMILES string of the molecule is CCOc1ccc2c(-c3ccccc3)nn(-c3nc(C(=O)O)cs3)c2n1. The Morgan fingerprint density at radius 3 is 2.69 bits per heavy atom. The lowest BCUT2D eigenvalue weighted by atomic mass is 10.1. The molecule has 0 saturated carbocycles. The van der Waals surface area contributed by atoms with E-state index in [-0.39, 0.29) is 5.69 Å². The first-order valence-electron chi connectivity index (χ1n) is 7.94. The zero-order chi connectivity index (χ0) is 18.1. The van der Waals surface area contributed by atoms with E-state index in [0.29, 0.717) is 23.3 Å². The van der Waals surface area contributed by atoms with Gasteiger partial charge in [-0.05, 0) is 13.0 Å². The molecular weight excluding hydrogens is 352 g/mol. The van der Waals surface area contributed by atoms with Crippen LogP contribution in [0.15, 0.2) is 47.8 Å². The Hall–Kier alpha value is -3.26. The lowest BCUT2D eigenvalue weighted by Gasteiger charge is -2.02. The van der Waals surface area contributed by atoms with Gasteiger partial charge in [0.25, 0.3) is 0 Å². The van der Waals surface area contributed by atoms with Crippen LogP contribution >= 0.6 is 11.3 Å². The summed E-state index contributed by atoms with van der Waals surface area (Å²) in [7, 11) is 0. The van der Waals surface area contributed by atoms with Crippen molar-refractivity contribution in [3.05, 3.63) is 53.5 Å². The van der Waals surface area contributed by atoms with Crippen molar-refractivity contribution >= 4 is 28.3 Å². The van der Waals surface area contributed by atoms with Crippen LogP contribution in [0, 0.1) is 0 Å². The van der Waals surface area contributed by atoms with Crippen LogP contribution in [0.1, 0.15) is 17.4 Å². The number of thiazole rings is 1. The minimum absolute atomic E-state index is 0.0177. The van der Waals surface area contributed by atoms with Gasteiger partial charge in [-0.15, -0.1) is 11.3 Å². The van der Waals surface area contributed by atoms with Gasteiger partial charge in [0.2, 0.25) is 11.0 Å². The third-order valence-corrected chi connectivity index (χ3v) is 4.55. The molecule has 3 heterocycles. The number of hydrogen-bond donors (Lipinski definition) is 1. The fourth-order valence-electron chi connectivity index (χ4n) is 2.61. The Morgan fingerprint density at radius 2 is 2.00 bits per heavy atom. The highest BCUT2D eigenvalue weighted by atomic mass is 32.1. The molecule has 0 aliphatic heterocycles. The number of fused-ring (bicyclic) bond motifs is 1. The zero-order valence-electron chi connectivity index (χ0n) is 13.8. The summed E-state index contributed by atoms with van der Waals surface area (Å²) in [6, 6.07) is 13.5. The zero-order valence-corrected chi connectivity index (χ0v) is 14.6. The molecule has 4 aromatic rings. The monoisotopic (exact) mass is 366 g/mol. The molecule has 0 atom stereocenters. The highest BCUT2D eigenvalue weighted by Crippen LogP contribution is 2.31. The van der Waals surface area contributed by atoms with Gasteiger partial charge in [-0.3, -0.25) is 0 Å². The molecule has 26 heavy (non-hydrogen) atoms. The van der Waals surface area contributed by atoms with Crippen LogP contribution in [-0.2, 0) is 0 Å². The summed E-state index contributed by atoms with van der Waals surface area (Å²) in [5, 5.41) is 16.6. The second-order valence-electron chi connectivity index (χ2n) is 5.40. The average molecular weight is 366 g/mol. The van der Waals surface area contributed by atoms with Crippen molar-refractivity contribution in [2.75, 3.05) is 6.61 Å².